The van der Waals surface area contributed by atoms with Crippen LogP contribution in [0.5, 0.6) is 0 Å². The molecule has 208 valence electrons. The number of carbonyl (C=O) groups is 4. The Hall–Kier alpha value is -3.08. The summed E-state index contributed by atoms with van der Waals surface area (Å²) in [5.41, 5.74) is -1.82. The van der Waals surface area contributed by atoms with Crippen LogP contribution in [0.25, 0.3) is 0 Å². The van der Waals surface area contributed by atoms with Crippen molar-refractivity contribution < 1.29 is 38.1 Å². The highest BCUT2D eigenvalue weighted by Crippen LogP contribution is 2.21. The average Bonchev–Trinajstić information content (AvgIpc) is 2.73. The van der Waals surface area contributed by atoms with E-state index in [0.29, 0.717) is 5.56 Å². The van der Waals surface area contributed by atoms with Gasteiger partial charge in [0.1, 0.15) is 23.6 Å². The highest BCUT2D eigenvalue weighted by Gasteiger charge is 2.28. The number of nitrogens with one attached hydrogen (secondary N) is 1. The van der Waals surface area contributed by atoms with Crippen LogP contribution in [0.2, 0.25) is 0 Å². The van der Waals surface area contributed by atoms with Gasteiger partial charge in [0.05, 0.1) is 12.3 Å². The zero-order valence-electron chi connectivity index (χ0n) is 22.8. The van der Waals surface area contributed by atoms with Crippen LogP contribution in [0.15, 0.2) is 18.3 Å². The number of esters is 2. The molecule has 1 heterocycles. The first-order valence-electron chi connectivity index (χ1n) is 11.9. The maximum Gasteiger partial charge on any atom is 0.416 e. The fourth-order valence-corrected chi connectivity index (χ4v) is 3.04. The lowest BCUT2D eigenvalue weighted by Crippen LogP contribution is -2.35. The Bertz CT molecular complexity index is 941. The zero-order valence-corrected chi connectivity index (χ0v) is 23.5. The van der Waals surface area contributed by atoms with Crippen LogP contribution >= 0.6 is 11.6 Å². The maximum absolute atomic E-state index is 13.0. The number of rotatable bonds is 10. The van der Waals surface area contributed by atoms with Crippen LogP contribution < -0.4 is 10.2 Å². The second kappa shape index (κ2) is 14.0. The summed E-state index contributed by atoms with van der Waals surface area (Å²) in [4.78, 5) is 54.9. The van der Waals surface area contributed by atoms with E-state index in [1.165, 1.54) is 20.2 Å². The van der Waals surface area contributed by atoms with Gasteiger partial charge in [-0.2, -0.15) is 0 Å². The predicted octanol–water partition coefficient (Wildman–Crippen LogP) is 4.55. The van der Waals surface area contributed by atoms with Crippen LogP contribution in [-0.2, 0) is 35.1 Å². The lowest BCUT2D eigenvalue weighted by Gasteiger charge is -2.23. The third kappa shape index (κ3) is 13.2. The summed E-state index contributed by atoms with van der Waals surface area (Å²) in [5.74, 6) is -1.93. The smallest absolute Gasteiger partial charge is 0.416 e. The summed E-state index contributed by atoms with van der Waals surface area (Å²) in [5, 5.41) is 2.57. The van der Waals surface area contributed by atoms with E-state index in [-0.39, 0.29) is 31.8 Å². The lowest BCUT2D eigenvalue weighted by molar-refractivity contribution is -0.162. The number of pyridine rings is 1. The average molecular weight is 544 g/mol. The minimum Gasteiger partial charge on any atom is -0.460 e. The number of alkyl carbamates (subject to hydrolysis) is 1. The number of halogens is 1. The molecular weight excluding hydrogens is 506 g/mol. The van der Waals surface area contributed by atoms with Gasteiger partial charge in [0.2, 0.25) is 0 Å². The SMILES string of the molecule is CC(Cl)OC(=O)N(C)c1ncccc1COC(=O)[C@H](CCNC(=O)OC(C)(C)C)CC(=O)OC(C)(C)C. The number of hydrogen-bond donors (Lipinski definition) is 1. The zero-order chi connectivity index (χ0) is 28.4. The Morgan fingerprint density at radius 2 is 1.70 bits per heavy atom. The predicted molar refractivity (Wildman–Crippen MR) is 137 cm³/mol. The molecule has 37 heavy (non-hydrogen) atoms. The Balaban J connectivity index is 2.92. The first-order chi connectivity index (χ1) is 17.0. The summed E-state index contributed by atoms with van der Waals surface area (Å²) in [6.07, 6.45) is -0.0339. The van der Waals surface area contributed by atoms with Crippen molar-refractivity contribution in [1.82, 2.24) is 10.3 Å². The second-order valence-electron chi connectivity index (χ2n) is 10.3. The van der Waals surface area contributed by atoms with Gasteiger partial charge in [-0.15, -0.1) is 0 Å². The van der Waals surface area contributed by atoms with Gasteiger partial charge in [0.25, 0.3) is 0 Å². The molecule has 0 bridgehead atoms. The molecule has 0 aliphatic carbocycles. The topological polar surface area (TPSA) is 133 Å². The maximum atomic E-state index is 13.0. The molecule has 2 atom stereocenters. The monoisotopic (exact) mass is 543 g/mol. The molecule has 11 nitrogen and oxygen atoms in total. The molecule has 1 aromatic heterocycles. The van der Waals surface area contributed by atoms with Gasteiger partial charge in [-0.25, -0.2) is 14.6 Å². The van der Waals surface area contributed by atoms with E-state index >= 15 is 0 Å². The molecule has 0 saturated carbocycles. The van der Waals surface area contributed by atoms with E-state index < -0.39 is 46.8 Å². The molecule has 1 rings (SSSR count). The van der Waals surface area contributed by atoms with Gasteiger partial charge in [0.15, 0.2) is 5.56 Å². The van der Waals surface area contributed by atoms with Gasteiger partial charge in [-0.3, -0.25) is 14.5 Å². The normalized spacial score (nSPS) is 13.1. The number of ether oxygens (including phenoxy) is 4. The van der Waals surface area contributed by atoms with Crippen molar-refractivity contribution in [1.29, 1.82) is 0 Å². The Labute approximate surface area is 223 Å². The van der Waals surface area contributed by atoms with E-state index in [0.717, 1.165) is 4.90 Å². The highest BCUT2D eigenvalue weighted by atomic mass is 35.5. The number of carbonyl (C=O) groups excluding carboxylic acids is 4. The number of amides is 2. The fraction of sp³-hybridized carbons (Fsp3) is 0.640. The fourth-order valence-electron chi connectivity index (χ4n) is 2.97. The molecule has 12 heteroatoms. The van der Waals surface area contributed by atoms with Crippen LogP contribution in [-0.4, -0.2) is 59.5 Å². The Kier molecular flexibility index (Phi) is 12.1. The second-order valence-corrected chi connectivity index (χ2v) is 10.9. The molecule has 1 N–H and O–H groups in total. The first-order valence-corrected chi connectivity index (χ1v) is 12.3. The van der Waals surface area contributed by atoms with Gasteiger partial charge < -0.3 is 24.3 Å². The summed E-state index contributed by atoms with van der Waals surface area (Å²) in [7, 11) is 1.45. The molecule has 0 saturated heterocycles. The first kappa shape index (κ1) is 31.9. The molecule has 2 amide bonds. The summed E-state index contributed by atoms with van der Waals surface area (Å²) in [6.45, 7) is 11.7. The summed E-state index contributed by atoms with van der Waals surface area (Å²) < 4.78 is 21.0. The largest absolute Gasteiger partial charge is 0.460 e. The summed E-state index contributed by atoms with van der Waals surface area (Å²) >= 11 is 5.72. The standard InChI is InChI=1S/C25H38ClN3O8/c1-16(26)35-23(33)29(8)20-18(10-9-12-27-20)15-34-21(31)17(14-19(30)36-24(2,3)4)11-13-28-22(32)37-25(5,6)7/h9-10,12,16-17H,11,13-15H2,1-8H3,(H,28,32)/t16?,17-/m1/s1. The minimum absolute atomic E-state index is 0.0702. The van der Waals surface area contributed by atoms with E-state index in [1.54, 1.807) is 53.7 Å². The van der Waals surface area contributed by atoms with E-state index in [9.17, 15) is 19.2 Å². The highest BCUT2D eigenvalue weighted by molar-refractivity contribution is 6.20. The molecular formula is C25H38ClN3O8. The lowest BCUT2D eigenvalue weighted by atomic mass is 10.0. The van der Waals surface area contributed by atoms with Crippen molar-refractivity contribution in [3.8, 4) is 0 Å². The summed E-state index contributed by atoms with van der Waals surface area (Å²) in [6, 6.07) is 3.26. The van der Waals surface area contributed by atoms with E-state index in [2.05, 4.69) is 10.3 Å². The molecule has 0 aromatic carbocycles. The number of alkyl halides is 1. The van der Waals surface area contributed by atoms with Crippen LogP contribution in [0, 0.1) is 5.92 Å². The molecule has 1 unspecified atom stereocenters. The van der Waals surface area contributed by atoms with Crippen molar-refractivity contribution >= 4 is 41.5 Å². The van der Waals surface area contributed by atoms with Crippen LogP contribution in [0.3, 0.4) is 0 Å². The number of nitrogens with zero attached hydrogens (tertiary/aromatic N) is 2. The van der Waals surface area contributed by atoms with Gasteiger partial charge in [0, 0.05) is 25.4 Å². The van der Waals surface area contributed by atoms with Gasteiger partial charge >= 0.3 is 24.1 Å². The molecule has 0 radical (unpaired) electrons. The van der Waals surface area contributed by atoms with E-state index in [1.807, 2.05) is 0 Å². The number of aromatic nitrogens is 1. The Morgan fingerprint density at radius 3 is 2.27 bits per heavy atom. The minimum atomic E-state index is -0.898. The van der Waals surface area contributed by atoms with Crippen molar-refractivity contribution in [3.63, 3.8) is 0 Å². The molecule has 0 aliphatic rings. The Morgan fingerprint density at radius 1 is 1.08 bits per heavy atom. The third-order valence-electron chi connectivity index (χ3n) is 4.42. The van der Waals surface area contributed by atoms with Gasteiger partial charge in [-0.05, 0) is 61.0 Å². The molecule has 1 aromatic rings. The molecule has 0 spiro atoms. The van der Waals surface area contributed by atoms with Crippen molar-refractivity contribution in [2.75, 3.05) is 18.5 Å². The number of anilines is 1. The quantitative estimate of drug-likeness (QED) is 0.256. The van der Waals surface area contributed by atoms with Crippen LogP contribution in [0.4, 0.5) is 15.4 Å². The molecule has 0 fully saturated rings. The van der Waals surface area contributed by atoms with E-state index in [4.69, 9.17) is 30.5 Å². The molecule has 0 aliphatic heterocycles. The van der Waals surface area contributed by atoms with Crippen molar-refractivity contribution in [3.05, 3.63) is 23.9 Å². The number of hydrogen-bond acceptors (Lipinski definition) is 9. The van der Waals surface area contributed by atoms with Gasteiger partial charge in [-0.1, -0.05) is 17.7 Å². The van der Waals surface area contributed by atoms with Crippen molar-refractivity contribution in [2.45, 2.75) is 84.7 Å². The van der Waals surface area contributed by atoms with Crippen LogP contribution in [0.1, 0.15) is 66.9 Å². The third-order valence-corrected chi connectivity index (χ3v) is 4.51. The van der Waals surface area contributed by atoms with Crippen molar-refractivity contribution in [2.24, 2.45) is 5.92 Å².